The molecule has 1 fully saturated rings. The van der Waals surface area contributed by atoms with Gasteiger partial charge in [0, 0.05) is 29.8 Å². The van der Waals surface area contributed by atoms with Gasteiger partial charge in [-0.1, -0.05) is 16.8 Å². The van der Waals surface area contributed by atoms with Crippen LogP contribution in [0.15, 0.2) is 28.8 Å². The van der Waals surface area contributed by atoms with E-state index in [0.717, 1.165) is 24.8 Å². The summed E-state index contributed by atoms with van der Waals surface area (Å²) in [6.07, 6.45) is 3.09. The summed E-state index contributed by atoms with van der Waals surface area (Å²) < 4.78 is 10.5. The molecule has 25 heavy (non-hydrogen) atoms. The van der Waals surface area contributed by atoms with Gasteiger partial charge in [0.2, 0.25) is 0 Å². The molecule has 3 rings (SSSR count). The van der Waals surface area contributed by atoms with Crippen molar-refractivity contribution < 1.29 is 14.1 Å². The molecule has 0 aliphatic heterocycles. The summed E-state index contributed by atoms with van der Waals surface area (Å²) in [6, 6.07) is 7.13. The van der Waals surface area contributed by atoms with Gasteiger partial charge in [0.05, 0.1) is 6.61 Å². The summed E-state index contributed by atoms with van der Waals surface area (Å²) in [7, 11) is 1.62. The zero-order valence-electron chi connectivity index (χ0n) is 14.4. The van der Waals surface area contributed by atoms with Crippen molar-refractivity contribution in [1.29, 1.82) is 0 Å². The van der Waals surface area contributed by atoms with Gasteiger partial charge in [-0.15, -0.1) is 0 Å². The molecule has 1 aromatic carbocycles. The van der Waals surface area contributed by atoms with Crippen molar-refractivity contribution in [3.63, 3.8) is 0 Å². The van der Waals surface area contributed by atoms with Crippen LogP contribution in [-0.4, -0.2) is 36.9 Å². The van der Waals surface area contributed by atoms with Gasteiger partial charge in [-0.25, -0.2) is 0 Å². The maximum Gasteiger partial charge on any atom is 0.259 e. The second-order valence-corrected chi connectivity index (χ2v) is 6.97. The number of amides is 1. The van der Waals surface area contributed by atoms with E-state index in [0.29, 0.717) is 35.3 Å². The van der Waals surface area contributed by atoms with Crippen molar-refractivity contribution in [2.45, 2.75) is 31.7 Å². The number of hydrogen-bond donors (Lipinski definition) is 2. The van der Waals surface area contributed by atoms with Gasteiger partial charge in [-0.3, -0.25) is 4.79 Å². The minimum Gasteiger partial charge on any atom is -0.383 e. The minimum atomic E-state index is -0.187. The molecule has 0 spiro atoms. The highest BCUT2D eigenvalue weighted by molar-refractivity contribution is 6.30. The number of rotatable bonds is 7. The molecule has 1 aliphatic rings. The molecular weight excluding hydrogens is 342 g/mol. The van der Waals surface area contributed by atoms with Gasteiger partial charge in [0.1, 0.15) is 5.56 Å². The lowest BCUT2D eigenvalue weighted by atomic mass is 9.78. The maximum atomic E-state index is 12.9. The first kappa shape index (κ1) is 17.8. The van der Waals surface area contributed by atoms with Crippen LogP contribution in [0.2, 0.25) is 5.02 Å². The molecule has 0 unspecified atom stereocenters. The Labute approximate surface area is 151 Å². The van der Waals surface area contributed by atoms with Crippen molar-refractivity contribution in [2.75, 3.05) is 25.6 Å². The molecule has 2 aromatic rings. The van der Waals surface area contributed by atoms with Crippen LogP contribution in [0.25, 0.3) is 11.3 Å². The molecular formula is C18H22ClN3O3. The largest absolute Gasteiger partial charge is 0.383 e. The highest BCUT2D eigenvalue weighted by atomic mass is 35.5. The molecule has 2 N–H and O–H groups in total. The topological polar surface area (TPSA) is 76.4 Å². The zero-order valence-corrected chi connectivity index (χ0v) is 15.2. The second-order valence-electron chi connectivity index (χ2n) is 6.53. The fraction of sp³-hybridized carbons (Fsp3) is 0.444. The second kappa shape index (κ2) is 7.45. The van der Waals surface area contributed by atoms with E-state index in [1.54, 1.807) is 19.2 Å². The number of ether oxygens (including phenoxy) is 1. The standard InChI is InChI=1S/C18H22ClN3O3/c1-18(8-3-9-18)21-17(23)14-15(12-4-6-13(19)7-5-12)25-22-16(14)20-10-11-24-2/h4-7H,3,8-11H2,1-2H3,(H,20,22)(H,21,23). The number of carbonyl (C=O) groups excluding carboxylic acids is 1. The summed E-state index contributed by atoms with van der Waals surface area (Å²) >= 11 is 5.95. The smallest absolute Gasteiger partial charge is 0.259 e. The van der Waals surface area contributed by atoms with Crippen molar-refractivity contribution >= 4 is 23.3 Å². The Kier molecular flexibility index (Phi) is 5.30. The highest BCUT2D eigenvalue weighted by Crippen LogP contribution is 2.34. The quantitative estimate of drug-likeness (QED) is 0.733. The van der Waals surface area contributed by atoms with E-state index in [1.807, 2.05) is 12.1 Å². The Morgan fingerprint density at radius 2 is 2.08 bits per heavy atom. The number of halogens is 1. The molecule has 1 saturated carbocycles. The van der Waals surface area contributed by atoms with Gasteiger partial charge >= 0.3 is 0 Å². The molecule has 134 valence electrons. The number of aromatic nitrogens is 1. The summed E-state index contributed by atoms with van der Waals surface area (Å²) in [6.45, 7) is 3.09. The predicted molar refractivity (Wildman–Crippen MR) is 97.0 cm³/mol. The highest BCUT2D eigenvalue weighted by Gasteiger charge is 2.35. The Hall–Kier alpha value is -2.05. The fourth-order valence-corrected chi connectivity index (χ4v) is 2.99. The van der Waals surface area contributed by atoms with Gasteiger partial charge in [-0.2, -0.15) is 0 Å². The SMILES string of the molecule is COCCNc1noc(-c2ccc(Cl)cc2)c1C(=O)NC1(C)CCC1. The number of nitrogens with one attached hydrogen (secondary N) is 2. The summed E-state index contributed by atoms with van der Waals surface area (Å²) in [5, 5.41) is 10.9. The van der Waals surface area contributed by atoms with E-state index >= 15 is 0 Å². The Bertz CT molecular complexity index is 739. The average Bonchev–Trinajstić information content (AvgIpc) is 2.98. The van der Waals surface area contributed by atoms with Crippen molar-refractivity contribution in [3.8, 4) is 11.3 Å². The Morgan fingerprint density at radius 3 is 2.68 bits per heavy atom. The van der Waals surface area contributed by atoms with Crippen molar-refractivity contribution in [3.05, 3.63) is 34.9 Å². The number of methoxy groups -OCH3 is 1. The van der Waals surface area contributed by atoms with Crippen molar-refractivity contribution in [1.82, 2.24) is 10.5 Å². The Balaban J connectivity index is 1.91. The number of hydrogen-bond acceptors (Lipinski definition) is 5. The molecule has 0 radical (unpaired) electrons. The maximum absolute atomic E-state index is 12.9. The molecule has 0 bridgehead atoms. The van der Waals surface area contributed by atoms with Crippen LogP contribution in [-0.2, 0) is 4.74 Å². The molecule has 1 aromatic heterocycles. The van der Waals surface area contributed by atoms with Crippen LogP contribution in [0, 0.1) is 0 Å². The van der Waals surface area contributed by atoms with Crippen LogP contribution >= 0.6 is 11.6 Å². The minimum absolute atomic E-state index is 0.157. The van der Waals surface area contributed by atoms with E-state index in [-0.39, 0.29) is 11.4 Å². The molecule has 0 atom stereocenters. The number of carbonyl (C=O) groups is 1. The normalized spacial score (nSPS) is 15.5. The third kappa shape index (κ3) is 3.96. The molecule has 1 heterocycles. The van der Waals surface area contributed by atoms with E-state index in [4.69, 9.17) is 20.9 Å². The lowest BCUT2D eigenvalue weighted by molar-refractivity contribution is 0.0851. The summed E-state index contributed by atoms with van der Waals surface area (Å²) in [4.78, 5) is 12.9. The number of benzene rings is 1. The van der Waals surface area contributed by atoms with Gasteiger partial charge in [0.15, 0.2) is 11.6 Å². The third-order valence-electron chi connectivity index (χ3n) is 4.50. The van der Waals surface area contributed by atoms with Gasteiger partial charge in [-0.05, 0) is 50.5 Å². The average molecular weight is 364 g/mol. The predicted octanol–water partition coefficient (Wildman–Crippen LogP) is 3.73. The third-order valence-corrected chi connectivity index (χ3v) is 4.75. The van der Waals surface area contributed by atoms with E-state index < -0.39 is 0 Å². The van der Waals surface area contributed by atoms with E-state index in [1.165, 1.54) is 0 Å². The van der Waals surface area contributed by atoms with Crippen LogP contribution in [0.4, 0.5) is 5.82 Å². The van der Waals surface area contributed by atoms with Gasteiger partial charge < -0.3 is 19.9 Å². The van der Waals surface area contributed by atoms with Crippen LogP contribution < -0.4 is 10.6 Å². The molecule has 1 aliphatic carbocycles. The number of anilines is 1. The lowest BCUT2D eigenvalue weighted by Crippen LogP contribution is -2.51. The van der Waals surface area contributed by atoms with Crippen molar-refractivity contribution in [2.24, 2.45) is 0 Å². The first-order chi connectivity index (χ1) is 12.0. The molecule has 0 saturated heterocycles. The molecule has 7 heteroatoms. The van der Waals surface area contributed by atoms with Gasteiger partial charge in [0.25, 0.3) is 5.91 Å². The Morgan fingerprint density at radius 1 is 1.36 bits per heavy atom. The van der Waals surface area contributed by atoms with Crippen LogP contribution in [0.1, 0.15) is 36.5 Å². The summed E-state index contributed by atoms with van der Waals surface area (Å²) in [5.74, 6) is 0.660. The molecule has 1 amide bonds. The van der Waals surface area contributed by atoms with E-state index in [9.17, 15) is 4.79 Å². The first-order valence-electron chi connectivity index (χ1n) is 8.33. The number of nitrogens with zero attached hydrogens (tertiary/aromatic N) is 1. The van der Waals surface area contributed by atoms with E-state index in [2.05, 4.69) is 22.7 Å². The monoisotopic (exact) mass is 363 g/mol. The fourth-order valence-electron chi connectivity index (χ4n) is 2.86. The van der Waals surface area contributed by atoms with Crippen LogP contribution in [0.5, 0.6) is 0 Å². The zero-order chi connectivity index (χ0) is 17.9. The van der Waals surface area contributed by atoms with Crippen LogP contribution in [0.3, 0.4) is 0 Å². The lowest BCUT2D eigenvalue weighted by Gasteiger charge is -2.39. The first-order valence-corrected chi connectivity index (χ1v) is 8.71. The summed E-state index contributed by atoms with van der Waals surface area (Å²) in [5.41, 5.74) is 1.00. The molecule has 6 nitrogen and oxygen atoms in total.